The van der Waals surface area contributed by atoms with Crippen molar-refractivity contribution in [3.8, 4) is 11.5 Å². The van der Waals surface area contributed by atoms with E-state index in [0.29, 0.717) is 36.4 Å². The standard InChI is InChI=1S/C16H21NO5/c1-9-6-13(21-2)14(22-3)8-12(9)17-15(18)10-4-5-11(7-10)16(19)20/h6,8,10-11H,4-5,7H2,1-3H3,(H,17,18)(H,19,20)/t10-,11+/m1/s1. The Morgan fingerprint density at radius 1 is 1.14 bits per heavy atom. The fraction of sp³-hybridized carbons (Fsp3) is 0.500. The summed E-state index contributed by atoms with van der Waals surface area (Å²) >= 11 is 0. The monoisotopic (exact) mass is 307 g/mol. The number of carbonyl (C=O) groups is 2. The Bertz CT molecular complexity index is 584. The molecule has 0 radical (unpaired) electrons. The minimum atomic E-state index is -0.822. The van der Waals surface area contributed by atoms with Crippen molar-refractivity contribution in [2.75, 3.05) is 19.5 Å². The Hall–Kier alpha value is -2.24. The van der Waals surface area contributed by atoms with E-state index in [4.69, 9.17) is 14.6 Å². The number of methoxy groups -OCH3 is 2. The summed E-state index contributed by atoms with van der Waals surface area (Å²) in [6, 6.07) is 3.51. The fourth-order valence-electron chi connectivity index (χ4n) is 2.79. The van der Waals surface area contributed by atoms with Gasteiger partial charge >= 0.3 is 5.97 Å². The average molecular weight is 307 g/mol. The first-order chi connectivity index (χ1) is 10.5. The molecule has 1 aliphatic carbocycles. The lowest BCUT2D eigenvalue weighted by Gasteiger charge is -2.15. The second-order valence-electron chi connectivity index (χ2n) is 5.56. The van der Waals surface area contributed by atoms with Gasteiger partial charge < -0.3 is 19.9 Å². The number of aryl methyl sites for hydroxylation is 1. The van der Waals surface area contributed by atoms with Gasteiger partial charge in [-0.05, 0) is 37.8 Å². The van der Waals surface area contributed by atoms with Crippen LogP contribution in [0, 0.1) is 18.8 Å². The Labute approximate surface area is 129 Å². The van der Waals surface area contributed by atoms with Gasteiger partial charge in [0, 0.05) is 17.7 Å². The molecule has 1 fully saturated rings. The number of nitrogens with one attached hydrogen (secondary N) is 1. The molecule has 0 aliphatic heterocycles. The van der Waals surface area contributed by atoms with E-state index in [1.54, 1.807) is 19.2 Å². The van der Waals surface area contributed by atoms with E-state index in [-0.39, 0.29) is 11.8 Å². The second-order valence-corrected chi connectivity index (χ2v) is 5.56. The van der Waals surface area contributed by atoms with E-state index in [1.165, 1.54) is 7.11 Å². The van der Waals surface area contributed by atoms with Crippen LogP contribution in [0.25, 0.3) is 0 Å². The molecule has 0 spiro atoms. The van der Waals surface area contributed by atoms with Crippen LogP contribution in [0.1, 0.15) is 24.8 Å². The van der Waals surface area contributed by atoms with Gasteiger partial charge in [0.05, 0.1) is 20.1 Å². The van der Waals surface area contributed by atoms with E-state index in [2.05, 4.69) is 5.32 Å². The average Bonchev–Trinajstić information content (AvgIpc) is 2.99. The van der Waals surface area contributed by atoms with Crippen LogP contribution in [0.5, 0.6) is 11.5 Å². The SMILES string of the molecule is COc1cc(C)c(NC(=O)[C@@H]2CC[C@H](C(=O)O)C2)cc1OC. The van der Waals surface area contributed by atoms with Crippen LogP contribution < -0.4 is 14.8 Å². The topological polar surface area (TPSA) is 84.9 Å². The normalized spacial score (nSPS) is 20.5. The Morgan fingerprint density at radius 3 is 2.27 bits per heavy atom. The number of carboxylic acid groups (broad SMARTS) is 1. The molecule has 120 valence electrons. The molecule has 1 amide bonds. The highest BCUT2D eigenvalue weighted by molar-refractivity contribution is 5.94. The maximum Gasteiger partial charge on any atom is 0.306 e. The maximum absolute atomic E-state index is 12.3. The number of hydrogen-bond donors (Lipinski definition) is 2. The Balaban J connectivity index is 2.10. The molecule has 2 N–H and O–H groups in total. The van der Waals surface area contributed by atoms with Gasteiger partial charge in [-0.1, -0.05) is 0 Å². The summed E-state index contributed by atoms with van der Waals surface area (Å²) in [4.78, 5) is 23.3. The Morgan fingerprint density at radius 2 is 1.73 bits per heavy atom. The molecule has 0 aromatic heterocycles. The van der Waals surface area contributed by atoms with Gasteiger partial charge in [-0.3, -0.25) is 9.59 Å². The molecule has 1 aromatic carbocycles. The summed E-state index contributed by atoms with van der Waals surface area (Å²) in [5.41, 5.74) is 1.51. The lowest BCUT2D eigenvalue weighted by molar-refractivity contribution is -0.141. The molecule has 2 rings (SSSR count). The van der Waals surface area contributed by atoms with Crippen LogP contribution in [0.15, 0.2) is 12.1 Å². The van der Waals surface area contributed by atoms with Crippen LogP contribution in [-0.2, 0) is 9.59 Å². The molecule has 2 atom stereocenters. The van der Waals surface area contributed by atoms with E-state index in [0.717, 1.165) is 5.56 Å². The van der Waals surface area contributed by atoms with Crippen molar-refractivity contribution in [1.29, 1.82) is 0 Å². The van der Waals surface area contributed by atoms with Gasteiger partial charge in [0.25, 0.3) is 0 Å². The molecular weight excluding hydrogens is 286 g/mol. The summed E-state index contributed by atoms with van der Waals surface area (Å²) in [7, 11) is 3.09. The lowest BCUT2D eigenvalue weighted by Crippen LogP contribution is -2.22. The summed E-state index contributed by atoms with van der Waals surface area (Å²) in [5.74, 6) is -0.490. The number of hydrogen-bond acceptors (Lipinski definition) is 4. The van der Waals surface area contributed by atoms with E-state index >= 15 is 0 Å². The van der Waals surface area contributed by atoms with E-state index in [9.17, 15) is 9.59 Å². The van der Waals surface area contributed by atoms with Crippen molar-refractivity contribution in [3.63, 3.8) is 0 Å². The van der Waals surface area contributed by atoms with Gasteiger partial charge in [0.15, 0.2) is 11.5 Å². The zero-order chi connectivity index (χ0) is 16.3. The van der Waals surface area contributed by atoms with Gasteiger partial charge in [0.1, 0.15) is 0 Å². The summed E-state index contributed by atoms with van der Waals surface area (Å²) < 4.78 is 10.4. The van der Waals surface area contributed by atoms with Crippen molar-refractivity contribution in [1.82, 2.24) is 0 Å². The minimum absolute atomic E-state index is 0.140. The molecule has 6 heteroatoms. The minimum Gasteiger partial charge on any atom is -0.493 e. The fourth-order valence-corrected chi connectivity index (χ4v) is 2.79. The number of aliphatic carboxylic acids is 1. The number of ether oxygens (including phenoxy) is 2. The number of rotatable bonds is 5. The highest BCUT2D eigenvalue weighted by atomic mass is 16.5. The van der Waals surface area contributed by atoms with Crippen LogP contribution in [0.3, 0.4) is 0 Å². The third kappa shape index (κ3) is 3.32. The summed E-state index contributed by atoms with van der Waals surface area (Å²) in [5, 5.41) is 11.9. The highest BCUT2D eigenvalue weighted by Crippen LogP contribution is 2.35. The van der Waals surface area contributed by atoms with Crippen molar-refractivity contribution in [2.45, 2.75) is 26.2 Å². The molecular formula is C16H21NO5. The lowest BCUT2D eigenvalue weighted by atomic mass is 10.0. The highest BCUT2D eigenvalue weighted by Gasteiger charge is 2.34. The summed E-state index contributed by atoms with van der Waals surface area (Å²) in [6.45, 7) is 1.87. The molecule has 6 nitrogen and oxygen atoms in total. The Kier molecular flexibility index (Phi) is 4.90. The molecule has 0 bridgehead atoms. The van der Waals surface area contributed by atoms with E-state index < -0.39 is 11.9 Å². The molecule has 22 heavy (non-hydrogen) atoms. The molecule has 1 saturated carbocycles. The molecule has 0 unspecified atom stereocenters. The number of anilines is 1. The first-order valence-corrected chi connectivity index (χ1v) is 7.22. The smallest absolute Gasteiger partial charge is 0.306 e. The van der Waals surface area contributed by atoms with Gasteiger partial charge in [-0.2, -0.15) is 0 Å². The van der Waals surface area contributed by atoms with Gasteiger partial charge in [-0.15, -0.1) is 0 Å². The van der Waals surface area contributed by atoms with Crippen LogP contribution in [-0.4, -0.2) is 31.2 Å². The predicted octanol–water partition coefficient (Wildman–Crippen LogP) is 2.45. The van der Waals surface area contributed by atoms with Gasteiger partial charge in [0.2, 0.25) is 5.91 Å². The van der Waals surface area contributed by atoms with Crippen LogP contribution >= 0.6 is 0 Å². The molecule has 1 aliphatic rings. The predicted molar refractivity (Wildman–Crippen MR) is 81.4 cm³/mol. The third-order valence-electron chi connectivity index (χ3n) is 4.14. The number of amides is 1. The molecule has 0 heterocycles. The van der Waals surface area contributed by atoms with Crippen LogP contribution in [0.4, 0.5) is 5.69 Å². The molecule has 1 aromatic rings. The zero-order valence-electron chi connectivity index (χ0n) is 13.0. The zero-order valence-corrected chi connectivity index (χ0v) is 13.0. The third-order valence-corrected chi connectivity index (χ3v) is 4.14. The van der Waals surface area contributed by atoms with Crippen LogP contribution in [0.2, 0.25) is 0 Å². The first-order valence-electron chi connectivity index (χ1n) is 7.22. The largest absolute Gasteiger partial charge is 0.493 e. The number of carboxylic acids is 1. The quantitative estimate of drug-likeness (QED) is 0.873. The van der Waals surface area contributed by atoms with E-state index in [1.807, 2.05) is 6.92 Å². The molecule has 0 saturated heterocycles. The van der Waals surface area contributed by atoms with Crippen molar-refractivity contribution in [3.05, 3.63) is 17.7 Å². The first kappa shape index (κ1) is 16.1. The number of benzene rings is 1. The van der Waals surface area contributed by atoms with Gasteiger partial charge in [-0.25, -0.2) is 0 Å². The van der Waals surface area contributed by atoms with Crippen molar-refractivity contribution >= 4 is 17.6 Å². The summed E-state index contributed by atoms with van der Waals surface area (Å²) in [6.07, 6.45) is 1.56. The number of carbonyl (C=O) groups excluding carboxylic acids is 1. The maximum atomic E-state index is 12.3. The van der Waals surface area contributed by atoms with Crippen molar-refractivity contribution in [2.24, 2.45) is 11.8 Å². The second kappa shape index (κ2) is 6.68. The van der Waals surface area contributed by atoms with Crippen molar-refractivity contribution < 1.29 is 24.2 Å².